The molecule has 26 nitrogen and oxygen atoms in total. The van der Waals surface area contributed by atoms with Crippen LogP contribution < -0.4 is 0 Å². The standard InChI is InChI=1S/C38H52O26/c1-14(39)50-11-24-27(53-17(4)42)30(56-20(7)45)33(36(49)60-24)64-38-35(59-23(10)48)32(29(55-19(6)44)26(62-38)13-52-16(3)41)63-37-34(58-22(9)47)31(57-21(8)46)28(54-18(5)43)25(61-37)12-51-15(2)40/h24-38,49H,11-13H2,1-10H3/t24?,25?,26?,27-,28-,29-,30-,31-,32-,33?,34?,35?,36?,37-,38-/m0/s1. The molecule has 0 aromatic carbocycles. The number of hydrogen-bond acceptors (Lipinski definition) is 26. The molecule has 0 bridgehead atoms. The molecule has 3 saturated heterocycles. The second-order valence-corrected chi connectivity index (χ2v) is 14.3. The van der Waals surface area contributed by atoms with Crippen LogP contribution in [0.3, 0.4) is 0 Å². The van der Waals surface area contributed by atoms with E-state index in [0.29, 0.717) is 0 Å². The fourth-order valence-electron chi connectivity index (χ4n) is 6.77. The number of carbonyl (C=O) groups excluding carboxylic acids is 10. The van der Waals surface area contributed by atoms with E-state index in [4.69, 9.17) is 71.1 Å². The summed E-state index contributed by atoms with van der Waals surface area (Å²) < 4.78 is 84.1. The third-order valence-electron chi connectivity index (χ3n) is 8.84. The van der Waals surface area contributed by atoms with Gasteiger partial charge in [-0.25, -0.2) is 0 Å². The van der Waals surface area contributed by atoms with Gasteiger partial charge in [0.2, 0.25) is 0 Å². The van der Waals surface area contributed by atoms with Gasteiger partial charge < -0.3 is 76.2 Å². The molecule has 26 heteroatoms. The van der Waals surface area contributed by atoms with Crippen LogP contribution >= 0.6 is 0 Å². The van der Waals surface area contributed by atoms with Crippen molar-refractivity contribution in [1.82, 2.24) is 0 Å². The van der Waals surface area contributed by atoms with Crippen molar-refractivity contribution in [2.75, 3.05) is 19.8 Å². The lowest BCUT2D eigenvalue weighted by molar-refractivity contribution is -0.383. The molecule has 0 spiro atoms. The van der Waals surface area contributed by atoms with Gasteiger partial charge in [-0.1, -0.05) is 0 Å². The average molecular weight is 925 g/mol. The molecular weight excluding hydrogens is 872 g/mol. The van der Waals surface area contributed by atoms with E-state index in [-0.39, 0.29) is 0 Å². The largest absolute Gasteiger partial charge is 0.463 e. The molecule has 0 aromatic rings. The number of rotatable bonds is 17. The maximum atomic E-state index is 12.9. The van der Waals surface area contributed by atoms with E-state index >= 15 is 0 Å². The van der Waals surface area contributed by atoms with Gasteiger partial charge in [0.1, 0.15) is 44.2 Å². The predicted octanol–water partition coefficient (Wildman–Crippen LogP) is -1.86. The molecule has 3 rings (SSSR count). The monoisotopic (exact) mass is 924 g/mol. The maximum Gasteiger partial charge on any atom is 0.303 e. The summed E-state index contributed by atoms with van der Waals surface area (Å²) in [5.41, 5.74) is 0. The van der Waals surface area contributed by atoms with Crippen molar-refractivity contribution in [2.45, 2.75) is 161 Å². The summed E-state index contributed by atoms with van der Waals surface area (Å²) in [5, 5.41) is 11.4. The normalized spacial score (nSPS) is 32.3. The lowest BCUT2D eigenvalue weighted by atomic mass is 9.95. The number of aliphatic hydroxyl groups is 1. The minimum atomic E-state index is -2.16. The van der Waals surface area contributed by atoms with E-state index in [1.807, 2.05) is 0 Å². The third-order valence-corrected chi connectivity index (χ3v) is 8.84. The molecule has 0 aliphatic carbocycles. The molecule has 0 saturated carbocycles. The van der Waals surface area contributed by atoms with Crippen LogP contribution in [0.15, 0.2) is 0 Å². The zero-order valence-corrected chi connectivity index (χ0v) is 36.4. The van der Waals surface area contributed by atoms with Gasteiger partial charge in [0.05, 0.1) is 0 Å². The Kier molecular flexibility index (Phi) is 19.8. The van der Waals surface area contributed by atoms with E-state index in [1.165, 1.54) is 0 Å². The van der Waals surface area contributed by atoms with Gasteiger partial charge >= 0.3 is 59.7 Å². The van der Waals surface area contributed by atoms with Crippen molar-refractivity contribution >= 4 is 59.7 Å². The Morgan fingerprint density at radius 3 is 0.906 bits per heavy atom. The molecule has 15 atom stereocenters. The van der Waals surface area contributed by atoms with E-state index < -0.39 is 172 Å². The Bertz CT molecular complexity index is 1730. The molecule has 0 aromatic heterocycles. The van der Waals surface area contributed by atoms with E-state index in [1.54, 1.807) is 0 Å². The lowest BCUT2D eigenvalue weighted by Gasteiger charge is -2.50. The quantitative estimate of drug-likeness (QED) is 0.123. The van der Waals surface area contributed by atoms with Crippen LogP contribution in [-0.4, -0.2) is 177 Å². The van der Waals surface area contributed by atoms with E-state index in [0.717, 1.165) is 69.2 Å². The SMILES string of the molecule is CC(=O)OCC1OC(O)C(O[C@@H]2OC(COC(C)=O)[C@H](OC(C)=O)[C@H](O[C@@H]3OC(COC(C)=O)[C@H](OC(C)=O)[C@H](OC(C)=O)C3OC(C)=O)C2OC(C)=O)[C@@H](OC(C)=O)[C@H]1OC(C)=O. The van der Waals surface area contributed by atoms with Crippen molar-refractivity contribution in [2.24, 2.45) is 0 Å². The molecule has 0 amide bonds. The number of hydrogen-bond donors (Lipinski definition) is 1. The van der Waals surface area contributed by atoms with Crippen molar-refractivity contribution in [3.63, 3.8) is 0 Å². The van der Waals surface area contributed by atoms with Crippen molar-refractivity contribution in [1.29, 1.82) is 0 Å². The Labute approximate surface area is 364 Å². The highest BCUT2D eigenvalue weighted by Gasteiger charge is 2.60. The first kappa shape index (κ1) is 52.8. The highest BCUT2D eigenvalue weighted by Crippen LogP contribution is 2.38. The molecule has 0 radical (unpaired) electrons. The van der Waals surface area contributed by atoms with Crippen LogP contribution in [0.25, 0.3) is 0 Å². The summed E-state index contributed by atoms with van der Waals surface area (Å²) in [6.45, 7) is 7.73. The van der Waals surface area contributed by atoms with Crippen molar-refractivity contribution < 1.29 is 124 Å². The Balaban J connectivity index is 2.29. The van der Waals surface area contributed by atoms with Crippen LogP contribution in [-0.2, 0) is 119 Å². The summed E-state index contributed by atoms with van der Waals surface area (Å²) in [5.74, 6) is -9.58. The van der Waals surface area contributed by atoms with Crippen LogP contribution in [0.1, 0.15) is 69.2 Å². The number of aliphatic hydroxyl groups excluding tert-OH is 1. The fraction of sp³-hybridized carbons (Fsp3) is 0.737. The van der Waals surface area contributed by atoms with Crippen LogP contribution in [0, 0.1) is 0 Å². The number of ether oxygens (including phenoxy) is 15. The fourth-order valence-corrected chi connectivity index (χ4v) is 6.77. The second kappa shape index (κ2) is 23.9. The first-order chi connectivity index (χ1) is 29.9. The molecule has 360 valence electrons. The maximum absolute atomic E-state index is 12.9. The molecule has 3 aliphatic rings. The highest BCUT2D eigenvalue weighted by atomic mass is 16.8. The smallest absolute Gasteiger partial charge is 0.303 e. The minimum Gasteiger partial charge on any atom is -0.463 e. The average Bonchev–Trinajstić information content (AvgIpc) is 3.14. The summed E-state index contributed by atoms with van der Waals surface area (Å²) in [6, 6.07) is 0. The van der Waals surface area contributed by atoms with Gasteiger partial charge in [0, 0.05) is 69.2 Å². The van der Waals surface area contributed by atoms with E-state index in [2.05, 4.69) is 0 Å². The van der Waals surface area contributed by atoms with E-state index in [9.17, 15) is 53.1 Å². The topological polar surface area (TPSA) is 329 Å². The van der Waals surface area contributed by atoms with Gasteiger partial charge in [0.25, 0.3) is 0 Å². The molecule has 3 heterocycles. The summed E-state index contributed by atoms with van der Waals surface area (Å²) in [7, 11) is 0. The van der Waals surface area contributed by atoms with Crippen LogP contribution in [0.2, 0.25) is 0 Å². The molecule has 64 heavy (non-hydrogen) atoms. The molecular formula is C38H52O26. The van der Waals surface area contributed by atoms with Crippen molar-refractivity contribution in [3.05, 3.63) is 0 Å². The predicted molar refractivity (Wildman–Crippen MR) is 197 cm³/mol. The third kappa shape index (κ3) is 15.6. The molecule has 3 fully saturated rings. The summed E-state index contributed by atoms with van der Waals surface area (Å²) in [4.78, 5) is 124. The highest BCUT2D eigenvalue weighted by molar-refractivity contribution is 5.70. The molecule has 7 unspecified atom stereocenters. The Hall–Kier alpha value is -5.54. The minimum absolute atomic E-state index is 0.634. The first-order valence-electron chi connectivity index (χ1n) is 19.4. The van der Waals surface area contributed by atoms with Gasteiger partial charge in [-0.05, 0) is 0 Å². The van der Waals surface area contributed by atoms with Gasteiger partial charge in [0.15, 0.2) is 67.7 Å². The number of carbonyl (C=O) groups is 10. The van der Waals surface area contributed by atoms with Gasteiger partial charge in [-0.2, -0.15) is 0 Å². The first-order valence-corrected chi connectivity index (χ1v) is 19.4. The summed E-state index contributed by atoms with van der Waals surface area (Å²) in [6.07, 6.45) is -27.6. The Morgan fingerprint density at radius 2 is 0.578 bits per heavy atom. The Morgan fingerprint density at radius 1 is 0.328 bits per heavy atom. The molecule has 1 N–H and O–H groups in total. The van der Waals surface area contributed by atoms with Crippen LogP contribution in [0.4, 0.5) is 0 Å². The van der Waals surface area contributed by atoms with Crippen molar-refractivity contribution in [3.8, 4) is 0 Å². The number of esters is 10. The van der Waals surface area contributed by atoms with Gasteiger partial charge in [-0.15, -0.1) is 0 Å². The molecule has 3 aliphatic heterocycles. The van der Waals surface area contributed by atoms with Gasteiger partial charge in [-0.3, -0.25) is 47.9 Å². The zero-order chi connectivity index (χ0) is 48.2. The lowest BCUT2D eigenvalue weighted by Crippen LogP contribution is -2.69. The summed E-state index contributed by atoms with van der Waals surface area (Å²) >= 11 is 0. The zero-order valence-electron chi connectivity index (χ0n) is 36.4. The second-order valence-electron chi connectivity index (χ2n) is 14.3. The van der Waals surface area contributed by atoms with Crippen LogP contribution in [0.5, 0.6) is 0 Å².